The number of thiocarbonyl (C=S) groups is 1. The van der Waals surface area contributed by atoms with E-state index in [1.54, 1.807) is 4.90 Å². The summed E-state index contributed by atoms with van der Waals surface area (Å²) in [6.45, 7) is 4.21. The van der Waals surface area contributed by atoms with Gasteiger partial charge in [0.15, 0.2) is 0 Å². The summed E-state index contributed by atoms with van der Waals surface area (Å²) < 4.78 is 0. The maximum Gasteiger partial charge on any atom is 0.235 e. The fourth-order valence-electron chi connectivity index (χ4n) is 2.70. The van der Waals surface area contributed by atoms with Gasteiger partial charge >= 0.3 is 0 Å². The Hall–Kier alpha value is -0.680. The lowest BCUT2D eigenvalue weighted by atomic mass is 9.72. The first-order valence-corrected chi connectivity index (χ1v) is 7.08. The first-order valence-electron chi connectivity index (χ1n) is 6.67. The molecule has 1 fully saturated rings. The number of nitrogens with zero attached hydrogens (tertiary/aromatic N) is 1. The molecular weight excluding hydrogens is 248 g/mol. The van der Waals surface area contributed by atoms with Gasteiger partial charge in [-0.15, -0.1) is 0 Å². The molecule has 0 unspecified atom stereocenters. The summed E-state index contributed by atoms with van der Waals surface area (Å²) in [7, 11) is 0. The van der Waals surface area contributed by atoms with Crippen LogP contribution in [0.5, 0.6) is 0 Å². The molecule has 0 radical (unpaired) electrons. The van der Waals surface area contributed by atoms with Crippen LogP contribution in [0.1, 0.15) is 46.0 Å². The van der Waals surface area contributed by atoms with Gasteiger partial charge < -0.3 is 15.7 Å². The van der Waals surface area contributed by atoms with Crippen LogP contribution in [-0.4, -0.2) is 40.1 Å². The first kappa shape index (κ1) is 15.4. The Morgan fingerprint density at radius 1 is 1.39 bits per heavy atom. The highest BCUT2D eigenvalue weighted by atomic mass is 32.1. The van der Waals surface area contributed by atoms with Crippen molar-refractivity contribution in [1.82, 2.24) is 4.90 Å². The molecule has 1 aliphatic rings. The predicted molar refractivity (Wildman–Crippen MR) is 76.2 cm³/mol. The molecule has 0 aromatic heterocycles. The third-order valence-electron chi connectivity index (χ3n) is 3.81. The number of carbonyl (C=O) groups excluding carboxylic acids is 1. The molecule has 0 atom stereocenters. The van der Waals surface area contributed by atoms with Gasteiger partial charge in [-0.05, 0) is 26.7 Å². The Bertz CT molecular complexity index is 312. The predicted octanol–water partition coefficient (Wildman–Crippen LogP) is 1.45. The summed E-state index contributed by atoms with van der Waals surface area (Å²) in [6.07, 6.45) is 4.62. The maximum atomic E-state index is 12.7. The van der Waals surface area contributed by atoms with E-state index in [0.29, 0.717) is 11.5 Å². The molecular formula is C13H24N2O2S. The van der Waals surface area contributed by atoms with Crippen LogP contribution in [0.4, 0.5) is 0 Å². The Balaban J connectivity index is 2.97. The molecule has 1 saturated carbocycles. The van der Waals surface area contributed by atoms with Crippen LogP contribution in [0.2, 0.25) is 0 Å². The van der Waals surface area contributed by atoms with Crippen molar-refractivity contribution in [1.29, 1.82) is 0 Å². The number of amides is 1. The van der Waals surface area contributed by atoms with E-state index in [1.165, 1.54) is 0 Å². The van der Waals surface area contributed by atoms with Gasteiger partial charge in [0.05, 0.1) is 17.0 Å². The highest BCUT2D eigenvalue weighted by molar-refractivity contribution is 7.80. The summed E-state index contributed by atoms with van der Waals surface area (Å²) in [5.41, 5.74) is 5.19. The number of hydrogen-bond acceptors (Lipinski definition) is 3. The van der Waals surface area contributed by atoms with Crippen LogP contribution in [0, 0.1) is 5.41 Å². The van der Waals surface area contributed by atoms with Gasteiger partial charge in [0.2, 0.25) is 5.91 Å². The van der Waals surface area contributed by atoms with Gasteiger partial charge in [0, 0.05) is 12.6 Å². The molecule has 0 bridgehead atoms. The number of nitrogens with two attached hydrogens (primary N) is 1. The van der Waals surface area contributed by atoms with Crippen LogP contribution < -0.4 is 5.73 Å². The maximum absolute atomic E-state index is 12.7. The number of aliphatic hydroxyl groups is 1. The van der Waals surface area contributed by atoms with E-state index >= 15 is 0 Å². The summed E-state index contributed by atoms with van der Waals surface area (Å²) in [5, 5.41) is 9.10. The fourth-order valence-corrected chi connectivity index (χ4v) is 2.99. The smallest absolute Gasteiger partial charge is 0.235 e. The van der Waals surface area contributed by atoms with Gasteiger partial charge in [-0.3, -0.25) is 4.79 Å². The highest BCUT2D eigenvalue weighted by Gasteiger charge is 2.45. The van der Waals surface area contributed by atoms with E-state index in [4.69, 9.17) is 23.1 Å². The number of carbonyl (C=O) groups is 1. The van der Waals surface area contributed by atoms with Gasteiger partial charge in [-0.25, -0.2) is 0 Å². The normalized spacial score (nSPS) is 18.7. The van der Waals surface area contributed by atoms with Crippen molar-refractivity contribution in [3.63, 3.8) is 0 Å². The van der Waals surface area contributed by atoms with Gasteiger partial charge in [0.1, 0.15) is 0 Å². The molecule has 0 heterocycles. The van der Waals surface area contributed by atoms with Gasteiger partial charge in [0.25, 0.3) is 0 Å². The molecule has 1 amide bonds. The summed E-state index contributed by atoms with van der Waals surface area (Å²) in [6, 6.07) is 0.0535. The SMILES string of the molecule is CC(C)N(CCO)C(=O)C1(C(N)=S)CCCCC1. The average Bonchev–Trinajstić information content (AvgIpc) is 2.35. The van der Waals surface area contributed by atoms with Crippen molar-refractivity contribution in [2.75, 3.05) is 13.2 Å². The standard InChI is InChI=1S/C13H24N2O2S/c1-10(2)15(8-9-16)12(17)13(11(14)18)6-4-3-5-7-13/h10,16H,3-9H2,1-2H3,(H2,14,18). The van der Waals surface area contributed by atoms with E-state index in [9.17, 15) is 4.79 Å². The summed E-state index contributed by atoms with van der Waals surface area (Å²) in [5.74, 6) is -0.00116. The molecule has 4 nitrogen and oxygen atoms in total. The topological polar surface area (TPSA) is 66.6 Å². The van der Waals surface area contributed by atoms with E-state index in [0.717, 1.165) is 32.1 Å². The molecule has 18 heavy (non-hydrogen) atoms. The lowest BCUT2D eigenvalue weighted by Gasteiger charge is -2.40. The van der Waals surface area contributed by atoms with Crippen molar-refractivity contribution >= 4 is 23.1 Å². The van der Waals surface area contributed by atoms with Crippen LogP contribution in [0.3, 0.4) is 0 Å². The lowest BCUT2D eigenvalue weighted by molar-refractivity contribution is -0.142. The molecule has 3 N–H and O–H groups in total. The average molecular weight is 272 g/mol. The van der Waals surface area contributed by atoms with Gasteiger partial charge in [-0.1, -0.05) is 31.5 Å². The molecule has 104 valence electrons. The minimum Gasteiger partial charge on any atom is -0.395 e. The monoisotopic (exact) mass is 272 g/mol. The van der Waals surface area contributed by atoms with Crippen LogP contribution in [0.15, 0.2) is 0 Å². The second-order valence-corrected chi connectivity index (χ2v) is 5.76. The molecule has 0 spiro atoms. The Labute approximate surface area is 115 Å². The second-order valence-electron chi connectivity index (χ2n) is 5.32. The van der Waals surface area contributed by atoms with E-state index in [-0.39, 0.29) is 18.6 Å². The molecule has 5 heteroatoms. The molecule has 0 aromatic carbocycles. The van der Waals surface area contributed by atoms with Crippen molar-refractivity contribution < 1.29 is 9.90 Å². The van der Waals surface area contributed by atoms with E-state index < -0.39 is 5.41 Å². The third kappa shape index (κ3) is 3.01. The molecule has 1 aliphatic carbocycles. The number of rotatable bonds is 5. The first-order chi connectivity index (χ1) is 8.45. The molecule has 0 aliphatic heterocycles. The molecule has 0 aromatic rings. The minimum absolute atomic E-state index is 0.00116. The Kier molecular flexibility index (Phi) is 5.53. The molecule has 0 saturated heterocycles. The third-order valence-corrected chi connectivity index (χ3v) is 4.20. The zero-order valence-corrected chi connectivity index (χ0v) is 12.1. The largest absolute Gasteiger partial charge is 0.395 e. The van der Waals surface area contributed by atoms with E-state index in [1.807, 2.05) is 13.8 Å². The van der Waals surface area contributed by atoms with E-state index in [2.05, 4.69) is 0 Å². The summed E-state index contributed by atoms with van der Waals surface area (Å²) >= 11 is 5.16. The zero-order chi connectivity index (χ0) is 13.8. The van der Waals surface area contributed by atoms with Crippen LogP contribution in [-0.2, 0) is 4.79 Å². The molecule has 1 rings (SSSR count). The summed E-state index contributed by atoms with van der Waals surface area (Å²) in [4.78, 5) is 14.8. The lowest BCUT2D eigenvalue weighted by Crippen LogP contribution is -2.54. The van der Waals surface area contributed by atoms with Gasteiger partial charge in [-0.2, -0.15) is 0 Å². The minimum atomic E-state index is -0.674. The van der Waals surface area contributed by atoms with Crippen LogP contribution in [0.25, 0.3) is 0 Å². The van der Waals surface area contributed by atoms with Crippen molar-refractivity contribution in [2.45, 2.75) is 52.0 Å². The second kappa shape index (κ2) is 6.48. The Morgan fingerprint density at radius 3 is 2.33 bits per heavy atom. The Morgan fingerprint density at radius 2 is 1.94 bits per heavy atom. The highest BCUT2D eigenvalue weighted by Crippen LogP contribution is 2.38. The fraction of sp³-hybridized carbons (Fsp3) is 0.846. The van der Waals surface area contributed by atoms with Crippen LogP contribution >= 0.6 is 12.2 Å². The zero-order valence-electron chi connectivity index (χ0n) is 11.3. The van der Waals surface area contributed by atoms with Crippen molar-refractivity contribution in [2.24, 2.45) is 11.1 Å². The number of aliphatic hydroxyl groups excluding tert-OH is 1. The van der Waals surface area contributed by atoms with Crippen molar-refractivity contribution in [3.05, 3.63) is 0 Å². The number of hydrogen-bond donors (Lipinski definition) is 2. The van der Waals surface area contributed by atoms with Crippen molar-refractivity contribution in [3.8, 4) is 0 Å². The quantitative estimate of drug-likeness (QED) is 0.744.